The first-order valence-electron chi connectivity index (χ1n) is 6.07. The lowest BCUT2D eigenvalue weighted by Gasteiger charge is -2.12. The molecule has 0 bridgehead atoms. The molecular formula is C16H16ClNO. The van der Waals surface area contributed by atoms with E-state index < -0.39 is 0 Å². The van der Waals surface area contributed by atoms with Crippen LogP contribution in [0.25, 0.3) is 0 Å². The summed E-state index contributed by atoms with van der Waals surface area (Å²) in [6.07, 6.45) is 0. The highest BCUT2D eigenvalue weighted by Gasteiger charge is 2.12. The maximum atomic E-state index is 12.4. The number of benzene rings is 2. The Kier molecular flexibility index (Phi) is 3.91. The van der Waals surface area contributed by atoms with E-state index in [0.29, 0.717) is 16.1 Å². The number of ketones is 1. The summed E-state index contributed by atoms with van der Waals surface area (Å²) < 4.78 is 0. The molecule has 0 saturated carbocycles. The Morgan fingerprint density at radius 1 is 1.05 bits per heavy atom. The van der Waals surface area contributed by atoms with Crippen LogP contribution in [0.4, 0.5) is 5.69 Å². The smallest absolute Gasteiger partial charge is 0.193 e. The van der Waals surface area contributed by atoms with Gasteiger partial charge < -0.3 is 4.90 Å². The lowest BCUT2D eigenvalue weighted by atomic mass is 9.99. The molecule has 98 valence electrons. The summed E-state index contributed by atoms with van der Waals surface area (Å²) in [5, 5.41) is 0.650. The minimum Gasteiger partial charge on any atom is -0.378 e. The molecule has 0 radical (unpaired) electrons. The van der Waals surface area contributed by atoms with E-state index in [2.05, 4.69) is 0 Å². The molecule has 0 aliphatic rings. The minimum absolute atomic E-state index is 0.0273. The van der Waals surface area contributed by atoms with Crippen molar-refractivity contribution in [1.82, 2.24) is 0 Å². The molecule has 0 saturated heterocycles. The average Bonchev–Trinajstić information content (AvgIpc) is 2.38. The molecule has 0 atom stereocenters. The number of rotatable bonds is 3. The van der Waals surface area contributed by atoms with Crippen LogP contribution in [0.2, 0.25) is 5.02 Å². The molecular weight excluding hydrogens is 258 g/mol. The van der Waals surface area contributed by atoms with Crippen LogP contribution in [0.5, 0.6) is 0 Å². The highest BCUT2D eigenvalue weighted by Crippen LogP contribution is 2.20. The van der Waals surface area contributed by atoms with Crippen molar-refractivity contribution in [2.24, 2.45) is 0 Å². The van der Waals surface area contributed by atoms with E-state index in [1.54, 1.807) is 12.1 Å². The monoisotopic (exact) mass is 273 g/mol. The number of halogens is 1. The van der Waals surface area contributed by atoms with Crippen molar-refractivity contribution in [3.63, 3.8) is 0 Å². The van der Waals surface area contributed by atoms with Gasteiger partial charge in [0.1, 0.15) is 0 Å². The molecule has 19 heavy (non-hydrogen) atoms. The van der Waals surface area contributed by atoms with E-state index in [9.17, 15) is 4.79 Å². The Hall–Kier alpha value is -1.80. The summed E-state index contributed by atoms with van der Waals surface area (Å²) >= 11 is 5.91. The minimum atomic E-state index is 0.0273. The second-order valence-corrected chi connectivity index (χ2v) is 5.17. The Labute approximate surface area is 118 Å². The fourth-order valence-corrected chi connectivity index (χ4v) is 2.17. The van der Waals surface area contributed by atoms with Gasteiger partial charge in [-0.05, 0) is 55.0 Å². The molecule has 0 N–H and O–H groups in total. The van der Waals surface area contributed by atoms with Crippen molar-refractivity contribution in [3.8, 4) is 0 Å². The first kappa shape index (κ1) is 13.6. The van der Waals surface area contributed by atoms with Crippen molar-refractivity contribution < 1.29 is 4.79 Å². The van der Waals surface area contributed by atoms with Gasteiger partial charge in [-0.3, -0.25) is 4.79 Å². The molecule has 2 aromatic rings. The zero-order valence-electron chi connectivity index (χ0n) is 11.3. The topological polar surface area (TPSA) is 20.3 Å². The predicted molar refractivity (Wildman–Crippen MR) is 80.4 cm³/mol. The molecule has 0 unspecified atom stereocenters. The van der Waals surface area contributed by atoms with Crippen LogP contribution in [0, 0.1) is 6.92 Å². The van der Waals surface area contributed by atoms with E-state index in [4.69, 9.17) is 11.6 Å². The van der Waals surface area contributed by atoms with Crippen LogP contribution in [-0.4, -0.2) is 19.9 Å². The van der Waals surface area contributed by atoms with Crippen LogP contribution < -0.4 is 4.90 Å². The molecule has 0 heterocycles. The highest BCUT2D eigenvalue weighted by atomic mass is 35.5. The van der Waals surface area contributed by atoms with Gasteiger partial charge in [-0.15, -0.1) is 0 Å². The lowest BCUT2D eigenvalue weighted by molar-refractivity contribution is 0.103. The SMILES string of the molecule is Cc1cc(Cl)ccc1C(=O)c1ccc(N(C)C)cc1. The molecule has 2 aromatic carbocycles. The van der Waals surface area contributed by atoms with E-state index in [0.717, 1.165) is 11.3 Å². The van der Waals surface area contributed by atoms with Crippen LogP contribution in [0.15, 0.2) is 42.5 Å². The van der Waals surface area contributed by atoms with Gasteiger partial charge in [0, 0.05) is 35.9 Å². The molecule has 2 nitrogen and oxygen atoms in total. The van der Waals surface area contributed by atoms with Crippen LogP contribution in [-0.2, 0) is 0 Å². The third-order valence-electron chi connectivity index (χ3n) is 3.08. The summed E-state index contributed by atoms with van der Waals surface area (Å²) in [4.78, 5) is 14.4. The summed E-state index contributed by atoms with van der Waals surface area (Å²) in [6, 6.07) is 12.9. The predicted octanol–water partition coefficient (Wildman–Crippen LogP) is 3.95. The summed E-state index contributed by atoms with van der Waals surface area (Å²) in [5.74, 6) is 0.0273. The second kappa shape index (κ2) is 5.45. The third kappa shape index (κ3) is 2.96. The van der Waals surface area contributed by atoms with Gasteiger partial charge in [0.05, 0.1) is 0 Å². The maximum Gasteiger partial charge on any atom is 0.193 e. The van der Waals surface area contributed by atoms with Gasteiger partial charge in [-0.2, -0.15) is 0 Å². The fraction of sp³-hybridized carbons (Fsp3) is 0.188. The molecule has 2 rings (SSSR count). The lowest BCUT2D eigenvalue weighted by Crippen LogP contribution is -2.09. The van der Waals surface area contributed by atoms with Crippen LogP contribution >= 0.6 is 11.6 Å². The van der Waals surface area contributed by atoms with Crippen molar-refractivity contribution in [1.29, 1.82) is 0 Å². The van der Waals surface area contributed by atoms with Crippen molar-refractivity contribution in [2.75, 3.05) is 19.0 Å². The maximum absolute atomic E-state index is 12.4. The number of carbonyl (C=O) groups excluding carboxylic acids is 1. The van der Waals surface area contributed by atoms with E-state index in [1.807, 2.05) is 56.3 Å². The van der Waals surface area contributed by atoms with Gasteiger partial charge in [-0.25, -0.2) is 0 Å². The molecule has 3 heteroatoms. The standard InChI is InChI=1S/C16H16ClNO/c1-11-10-13(17)6-9-15(11)16(19)12-4-7-14(8-5-12)18(2)3/h4-10H,1-3H3. The normalized spacial score (nSPS) is 10.3. The van der Waals surface area contributed by atoms with Gasteiger partial charge in [-0.1, -0.05) is 11.6 Å². The van der Waals surface area contributed by atoms with Crippen molar-refractivity contribution in [2.45, 2.75) is 6.92 Å². The highest BCUT2D eigenvalue weighted by molar-refractivity contribution is 6.30. The Morgan fingerprint density at radius 3 is 2.21 bits per heavy atom. The Balaban J connectivity index is 2.33. The zero-order chi connectivity index (χ0) is 14.0. The number of hydrogen-bond donors (Lipinski definition) is 0. The molecule has 0 fully saturated rings. The van der Waals surface area contributed by atoms with Crippen molar-refractivity contribution in [3.05, 3.63) is 64.2 Å². The third-order valence-corrected chi connectivity index (χ3v) is 3.31. The number of hydrogen-bond acceptors (Lipinski definition) is 2. The summed E-state index contributed by atoms with van der Waals surface area (Å²) in [6.45, 7) is 1.90. The molecule has 0 amide bonds. The molecule has 0 spiro atoms. The number of carbonyl (C=O) groups is 1. The fourth-order valence-electron chi connectivity index (χ4n) is 1.95. The summed E-state index contributed by atoms with van der Waals surface area (Å²) in [7, 11) is 3.94. The molecule has 0 aliphatic carbocycles. The second-order valence-electron chi connectivity index (χ2n) is 4.73. The first-order valence-corrected chi connectivity index (χ1v) is 6.45. The molecule has 0 aliphatic heterocycles. The van der Waals surface area contributed by atoms with Gasteiger partial charge >= 0.3 is 0 Å². The first-order chi connectivity index (χ1) is 8.99. The number of anilines is 1. The zero-order valence-corrected chi connectivity index (χ0v) is 12.0. The Bertz CT molecular complexity index is 603. The molecule has 0 aromatic heterocycles. The van der Waals surface area contributed by atoms with Crippen LogP contribution in [0.3, 0.4) is 0 Å². The van der Waals surface area contributed by atoms with Crippen LogP contribution in [0.1, 0.15) is 21.5 Å². The Morgan fingerprint density at radius 2 is 1.68 bits per heavy atom. The van der Waals surface area contributed by atoms with E-state index in [1.165, 1.54) is 0 Å². The van der Waals surface area contributed by atoms with Gasteiger partial charge in [0.2, 0.25) is 0 Å². The average molecular weight is 274 g/mol. The number of aryl methyl sites for hydroxylation is 1. The quantitative estimate of drug-likeness (QED) is 0.790. The summed E-state index contributed by atoms with van der Waals surface area (Å²) in [5.41, 5.74) is 3.36. The van der Waals surface area contributed by atoms with Gasteiger partial charge in [0.25, 0.3) is 0 Å². The largest absolute Gasteiger partial charge is 0.378 e. The van der Waals surface area contributed by atoms with E-state index >= 15 is 0 Å². The van der Waals surface area contributed by atoms with E-state index in [-0.39, 0.29) is 5.78 Å². The van der Waals surface area contributed by atoms with Gasteiger partial charge in [0.15, 0.2) is 5.78 Å². The van der Waals surface area contributed by atoms with Crippen molar-refractivity contribution >= 4 is 23.1 Å². The number of nitrogens with zero attached hydrogens (tertiary/aromatic N) is 1.